The number of hydrogen-bond acceptors (Lipinski definition) is 1. The smallest absolute Gasteiger partial charge is 0.148 e. The molecule has 0 spiro atoms. The van der Waals surface area contributed by atoms with Crippen molar-refractivity contribution in [1.82, 2.24) is 0 Å². The van der Waals surface area contributed by atoms with E-state index in [1.54, 1.807) is 13.8 Å². The molecule has 0 saturated heterocycles. The highest BCUT2D eigenvalue weighted by atomic mass is 16.5. The third-order valence-electron chi connectivity index (χ3n) is 0.499. The first kappa shape index (κ1) is 6.92. The number of aliphatic hydroxyl groups is 3. The summed E-state index contributed by atoms with van der Waals surface area (Å²) < 4.78 is 3.51. The van der Waals surface area contributed by atoms with Gasteiger partial charge in [-0.15, -0.1) is 0 Å². The van der Waals surface area contributed by atoms with Crippen molar-refractivity contribution in [3.05, 3.63) is 7.11 Å². The van der Waals surface area contributed by atoms with Crippen LogP contribution in [0.5, 0.6) is 0 Å². The Morgan fingerprint density at radius 3 is 2.14 bits per heavy atom. The minimum Gasteiger partial charge on any atom is -0.580 e. The van der Waals surface area contributed by atoms with Crippen molar-refractivity contribution < 1.29 is 9.84 Å². The van der Waals surface area contributed by atoms with E-state index in [0.29, 0.717) is 6.61 Å². The molecule has 7 heavy (non-hydrogen) atoms. The van der Waals surface area contributed by atoms with Crippen LogP contribution in [0, 0.1) is 7.11 Å². The summed E-state index contributed by atoms with van der Waals surface area (Å²) in [6, 6.07) is 0. The van der Waals surface area contributed by atoms with Crippen molar-refractivity contribution in [1.29, 1.82) is 0 Å². The number of rotatable bonds is 2. The fourth-order valence-electron chi connectivity index (χ4n) is 0.274. The summed E-state index contributed by atoms with van der Waals surface area (Å²) in [6.07, 6.45) is 0. The van der Waals surface area contributed by atoms with Crippen LogP contribution < -0.4 is 0 Å². The van der Waals surface area contributed by atoms with Gasteiger partial charge in [-0.3, -0.25) is 0 Å². The zero-order valence-electron chi connectivity index (χ0n) is 4.81. The minimum absolute atomic E-state index is 0.410. The van der Waals surface area contributed by atoms with Gasteiger partial charge in [0, 0.05) is 0 Å². The Kier molecular flexibility index (Phi) is 2.26. The molecule has 0 rings (SSSR count). The normalized spacial score (nSPS) is 12.0. The van der Waals surface area contributed by atoms with Gasteiger partial charge in [-0.25, -0.2) is 0 Å². The average molecular weight is 104 g/mol. The summed E-state index contributed by atoms with van der Waals surface area (Å²) in [5, 5.41) is 8.88. The van der Waals surface area contributed by atoms with Gasteiger partial charge in [-0.2, -0.15) is 0 Å². The van der Waals surface area contributed by atoms with Crippen LogP contribution in [0.25, 0.3) is 0 Å². The van der Waals surface area contributed by atoms with Gasteiger partial charge >= 0.3 is 0 Å². The molecular weight excluding hydrogens is 92.1 g/mol. The van der Waals surface area contributed by atoms with Crippen molar-refractivity contribution in [3.63, 3.8) is 0 Å². The zero-order valence-corrected chi connectivity index (χ0v) is 4.81. The molecule has 0 unspecified atom stereocenters. The van der Waals surface area contributed by atoms with Crippen molar-refractivity contribution in [2.24, 2.45) is 0 Å². The lowest BCUT2D eigenvalue weighted by molar-refractivity contribution is -0.0653. The van der Waals surface area contributed by atoms with Crippen LogP contribution in [0.15, 0.2) is 0 Å². The second-order valence-electron chi connectivity index (χ2n) is 2.19. The summed E-state index contributed by atoms with van der Waals surface area (Å²) in [4.78, 5) is 0. The molecular formula is C5H12O2. The lowest BCUT2D eigenvalue weighted by atomic mass is 10.2. The highest BCUT2D eigenvalue weighted by Crippen LogP contribution is 1.97. The lowest BCUT2D eigenvalue weighted by Gasteiger charge is -2.13. The third kappa shape index (κ3) is 5.92. The Balaban J connectivity index is 3.15. The van der Waals surface area contributed by atoms with Crippen LogP contribution >= 0.6 is 0 Å². The molecule has 0 radical (unpaired) electrons. The Morgan fingerprint density at radius 1 is 1.71 bits per heavy atom. The molecule has 44 valence electrons. The summed E-state index contributed by atoms with van der Waals surface area (Å²) in [5.74, 6) is 0. The van der Waals surface area contributed by atoms with Gasteiger partial charge in [0.05, 0.1) is 0 Å². The van der Waals surface area contributed by atoms with Crippen LogP contribution in [-0.2, 0) is 0 Å². The van der Waals surface area contributed by atoms with E-state index in [1.807, 2.05) is 0 Å². The second kappa shape index (κ2) is 2.28. The topological polar surface area (TPSA) is 33.0 Å². The van der Waals surface area contributed by atoms with Crippen LogP contribution in [0.3, 0.4) is 0 Å². The molecule has 0 atom stereocenters. The van der Waals surface area contributed by atoms with Crippen LogP contribution in [0.4, 0.5) is 0 Å². The maximum atomic E-state index is 8.88. The van der Waals surface area contributed by atoms with Crippen LogP contribution in [0.1, 0.15) is 13.8 Å². The van der Waals surface area contributed by atoms with Crippen molar-refractivity contribution in [2.75, 3.05) is 6.61 Å². The maximum Gasteiger partial charge on any atom is 0.148 e. The lowest BCUT2D eigenvalue weighted by Crippen LogP contribution is -2.26. The van der Waals surface area contributed by atoms with Crippen LogP contribution in [0.2, 0.25) is 0 Å². The fraction of sp³-hybridized carbons (Fsp3) is 0.800. The van der Waals surface area contributed by atoms with E-state index in [1.165, 1.54) is 0 Å². The number of hydrogen-bond donors (Lipinski definition) is 1. The molecule has 2 nitrogen and oxygen atoms in total. The molecule has 0 bridgehead atoms. The quantitative estimate of drug-likeness (QED) is 0.390. The minimum atomic E-state index is -0.679. The predicted molar refractivity (Wildman–Crippen MR) is 28.7 cm³/mol. The van der Waals surface area contributed by atoms with E-state index in [9.17, 15) is 0 Å². The largest absolute Gasteiger partial charge is 0.580 e. The van der Waals surface area contributed by atoms with E-state index >= 15 is 0 Å². The molecule has 0 saturated carbocycles. The molecule has 2 N–H and O–H groups in total. The van der Waals surface area contributed by atoms with Gasteiger partial charge in [0.2, 0.25) is 0 Å². The van der Waals surface area contributed by atoms with Crippen molar-refractivity contribution in [2.45, 2.75) is 19.4 Å². The van der Waals surface area contributed by atoms with Gasteiger partial charge in [0.15, 0.2) is 0 Å². The van der Waals surface area contributed by atoms with E-state index < -0.39 is 5.60 Å². The molecule has 0 aliphatic rings. The zero-order chi connectivity index (χ0) is 5.91. The molecule has 0 aromatic carbocycles. The monoisotopic (exact) mass is 104 g/mol. The average Bonchev–Trinajstić information content (AvgIpc) is 1.30. The highest BCUT2D eigenvalue weighted by molar-refractivity contribution is 4.61. The Labute approximate surface area is 44.1 Å². The van der Waals surface area contributed by atoms with Gasteiger partial charge in [-0.1, -0.05) is 7.11 Å². The maximum absolute atomic E-state index is 8.88. The van der Waals surface area contributed by atoms with Gasteiger partial charge in [0.1, 0.15) is 12.2 Å². The van der Waals surface area contributed by atoms with Gasteiger partial charge < -0.3 is 9.84 Å². The van der Waals surface area contributed by atoms with Crippen LogP contribution in [-0.4, -0.2) is 22.1 Å². The fourth-order valence-corrected chi connectivity index (χ4v) is 0.274. The van der Waals surface area contributed by atoms with E-state index in [0.717, 1.165) is 0 Å². The predicted octanol–water partition coefficient (Wildman–Crippen LogP) is 0.0769. The Hall–Kier alpha value is -0.0800. The second-order valence-corrected chi connectivity index (χ2v) is 2.19. The van der Waals surface area contributed by atoms with E-state index in [2.05, 4.69) is 11.8 Å². The first-order chi connectivity index (χ1) is 3.06. The molecule has 0 fully saturated rings. The van der Waals surface area contributed by atoms with Crippen molar-refractivity contribution in [3.8, 4) is 0 Å². The molecule has 0 aliphatic heterocycles. The van der Waals surface area contributed by atoms with Crippen molar-refractivity contribution >= 4 is 0 Å². The molecule has 0 heterocycles. The SMILES string of the molecule is [CH2-][OH+]CC(C)(C)O. The standard InChI is InChI=1S/C5H12O2/c1-5(2,6)4-7-3/h6-7H,3-4H2,1-2H3. The number of ether oxygens (including phenoxy) is 1. The molecule has 2 heteroatoms. The molecule has 0 aliphatic carbocycles. The summed E-state index contributed by atoms with van der Waals surface area (Å²) in [7, 11) is 3.24. The molecule has 0 aromatic rings. The van der Waals surface area contributed by atoms with Gasteiger partial charge in [-0.05, 0) is 13.8 Å². The molecule has 0 aromatic heterocycles. The van der Waals surface area contributed by atoms with Gasteiger partial charge in [0.25, 0.3) is 0 Å². The van der Waals surface area contributed by atoms with E-state index in [4.69, 9.17) is 5.11 Å². The first-order valence-corrected chi connectivity index (χ1v) is 2.21. The highest BCUT2D eigenvalue weighted by Gasteiger charge is 2.12. The molecule has 0 amide bonds. The first-order valence-electron chi connectivity index (χ1n) is 2.21. The Bertz CT molecular complexity index is 44.5. The van der Waals surface area contributed by atoms with E-state index in [-0.39, 0.29) is 0 Å². The summed E-state index contributed by atoms with van der Waals surface area (Å²) in [5.41, 5.74) is -0.679. The third-order valence-corrected chi connectivity index (χ3v) is 0.499. The summed E-state index contributed by atoms with van der Waals surface area (Å²) in [6.45, 7) is 3.80. The summed E-state index contributed by atoms with van der Waals surface area (Å²) >= 11 is 0. The Morgan fingerprint density at radius 2 is 2.14 bits per heavy atom.